The van der Waals surface area contributed by atoms with E-state index in [9.17, 15) is 0 Å². The SMILES string of the molecule is CCOC(C#CC(C)C)CBr. The van der Waals surface area contributed by atoms with Gasteiger partial charge in [0.25, 0.3) is 0 Å². The Hall–Kier alpha value is 0. The van der Waals surface area contributed by atoms with Crippen LogP contribution in [0.15, 0.2) is 0 Å². The van der Waals surface area contributed by atoms with E-state index in [0.29, 0.717) is 5.92 Å². The lowest BCUT2D eigenvalue weighted by Crippen LogP contribution is -2.11. The Morgan fingerprint density at radius 1 is 1.36 bits per heavy atom. The Labute approximate surface area is 77.6 Å². The molecule has 0 N–H and O–H groups in total. The zero-order valence-electron chi connectivity index (χ0n) is 7.36. The smallest absolute Gasteiger partial charge is 0.127 e. The lowest BCUT2D eigenvalue weighted by Gasteiger charge is -2.05. The highest BCUT2D eigenvalue weighted by molar-refractivity contribution is 9.09. The number of hydrogen-bond acceptors (Lipinski definition) is 1. The van der Waals surface area contributed by atoms with E-state index in [4.69, 9.17) is 4.74 Å². The van der Waals surface area contributed by atoms with Crippen LogP contribution in [-0.4, -0.2) is 18.0 Å². The summed E-state index contributed by atoms with van der Waals surface area (Å²) in [5, 5.41) is 0.792. The maximum atomic E-state index is 5.32. The van der Waals surface area contributed by atoms with Crippen molar-refractivity contribution in [2.75, 3.05) is 11.9 Å². The second kappa shape index (κ2) is 6.69. The van der Waals surface area contributed by atoms with Crippen LogP contribution < -0.4 is 0 Å². The highest BCUT2D eigenvalue weighted by atomic mass is 79.9. The summed E-state index contributed by atoms with van der Waals surface area (Å²) in [7, 11) is 0. The van der Waals surface area contributed by atoms with E-state index in [-0.39, 0.29) is 6.10 Å². The topological polar surface area (TPSA) is 9.23 Å². The molecule has 0 aromatic rings. The molecule has 0 heterocycles. The van der Waals surface area contributed by atoms with Crippen molar-refractivity contribution in [2.45, 2.75) is 26.9 Å². The van der Waals surface area contributed by atoms with Gasteiger partial charge in [-0.05, 0) is 6.92 Å². The first-order valence-corrected chi connectivity index (χ1v) is 5.01. The third-order valence-corrected chi connectivity index (χ3v) is 1.63. The minimum atomic E-state index is 0.0578. The highest BCUT2D eigenvalue weighted by Crippen LogP contribution is 1.96. The van der Waals surface area contributed by atoms with Gasteiger partial charge in [0.2, 0.25) is 0 Å². The lowest BCUT2D eigenvalue weighted by atomic mass is 10.2. The van der Waals surface area contributed by atoms with E-state index >= 15 is 0 Å². The van der Waals surface area contributed by atoms with Crippen LogP contribution in [0.1, 0.15) is 20.8 Å². The molecule has 0 saturated heterocycles. The summed E-state index contributed by atoms with van der Waals surface area (Å²) in [4.78, 5) is 0. The molecule has 0 radical (unpaired) electrons. The van der Waals surface area contributed by atoms with Crippen molar-refractivity contribution >= 4 is 15.9 Å². The first-order valence-electron chi connectivity index (χ1n) is 3.89. The highest BCUT2D eigenvalue weighted by Gasteiger charge is 1.99. The molecule has 11 heavy (non-hydrogen) atoms. The summed E-state index contributed by atoms with van der Waals surface area (Å²) in [6.07, 6.45) is 0.0578. The number of alkyl halides is 1. The van der Waals surface area contributed by atoms with Crippen molar-refractivity contribution < 1.29 is 4.74 Å². The predicted molar refractivity (Wildman–Crippen MR) is 51.8 cm³/mol. The summed E-state index contributed by atoms with van der Waals surface area (Å²) >= 11 is 3.34. The van der Waals surface area contributed by atoms with Crippen molar-refractivity contribution in [1.29, 1.82) is 0 Å². The largest absolute Gasteiger partial charge is 0.365 e. The molecule has 0 rings (SSSR count). The molecule has 2 heteroatoms. The summed E-state index contributed by atoms with van der Waals surface area (Å²) in [6, 6.07) is 0. The first-order chi connectivity index (χ1) is 5.20. The van der Waals surface area contributed by atoms with Gasteiger partial charge in [0.05, 0.1) is 0 Å². The van der Waals surface area contributed by atoms with Crippen LogP contribution in [0.5, 0.6) is 0 Å². The number of rotatable bonds is 3. The van der Waals surface area contributed by atoms with Gasteiger partial charge in [-0.1, -0.05) is 41.6 Å². The van der Waals surface area contributed by atoms with Crippen LogP contribution in [-0.2, 0) is 4.74 Å². The molecule has 0 saturated carbocycles. The Morgan fingerprint density at radius 2 is 2.00 bits per heavy atom. The maximum Gasteiger partial charge on any atom is 0.127 e. The van der Waals surface area contributed by atoms with Crippen LogP contribution in [0.3, 0.4) is 0 Å². The molecule has 0 spiro atoms. The molecule has 0 fully saturated rings. The quantitative estimate of drug-likeness (QED) is 0.523. The molecule has 1 unspecified atom stereocenters. The monoisotopic (exact) mass is 218 g/mol. The fourth-order valence-electron chi connectivity index (χ4n) is 0.586. The van der Waals surface area contributed by atoms with Crippen molar-refractivity contribution in [3.05, 3.63) is 0 Å². The number of hydrogen-bond donors (Lipinski definition) is 0. The summed E-state index contributed by atoms with van der Waals surface area (Å²) in [6.45, 7) is 6.85. The minimum Gasteiger partial charge on any atom is -0.365 e. The van der Waals surface area contributed by atoms with E-state index in [0.717, 1.165) is 11.9 Å². The van der Waals surface area contributed by atoms with E-state index in [2.05, 4.69) is 41.6 Å². The molecular formula is C9H15BrO. The van der Waals surface area contributed by atoms with Gasteiger partial charge < -0.3 is 4.74 Å². The van der Waals surface area contributed by atoms with Gasteiger partial charge in [-0.3, -0.25) is 0 Å². The number of halogens is 1. The van der Waals surface area contributed by atoms with Crippen molar-refractivity contribution in [3.63, 3.8) is 0 Å². The lowest BCUT2D eigenvalue weighted by molar-refractivity contribution is 0.119. The molecule has 64 valence electrons. The third kappa shape index (κ3) is 6.40. The number of ether oxygens (including phenoxy) is 1. The van der Waals surface area contributed by atoms with Gasteiger partial charge >= 0.3 is 0 Å². The van der Waals surface area contributed by atoms with Crippen molar-refractivity contribution in [2.24, 2.45) is 5.92 Å². The maximum absolute atomic E-state index is 5.32. The average molecular weight is 219 g/mol. The van der Waals surface area contributed by atoms with Gasteiger partial charge in [0.1, 0.15) is 6.10 Å². The molecule has 0 bridgehead atoms. The Kier molecular flexibility index (Phi) is 6.69. The molecule has 0 aliphatic rings. The van der Waals surface area contributed by atoms with Crippen LogP contribution >= 0.6 is 15.9 Å². The first kappa shape index (κ1) is 11.0. The van der Waals surface area contributed by atoms with Gasteiger partial charge in [-0.15, -0.1) is 0 Å². The zero-order valence-corrected chi connectivity index (χ0v) is 8.94. The van der Waals surface area contributed by atoms with Crippen molar-refractivity contribution in [3.8, 4) is 11.8 Å². The van der Waals surface area contributed by atoms with E-state index in [1.54, 1.807) is 0 Å². The van der Waals surface area contributed by atoms with E-state index < -0.39 is 0 Å². The van der Waals surface area contributed by atoms with Gasteiger partial charge in [0.15, 0.2) is 0 Å². The van der Waals surface area contributed by atoms with Gasteiger partial charge in [0, 0.05) is 17.9 Å². The molecule has 0 aliphatic heterocycles. The van der Waals surface area contributed by atoms with Crippen LogP contribution in [0.2, 0.25) is 0 Å². The second-order valence-electron chi connectivity index (χ2n) is 2.54. The molecule has 0 aromatic carbocycles. The Balaban J connectivity index is 3.78. The molecule has 1 atom stereocenters. The van der Waals surface area contributed by atoms with Gasteiger partial charge in [-0.25, -0.2) is 0 Å². The summed E-state index contributed by atoms with van der Waals surface area (Å²) in [5.41, 5.74) is 0. The fourth-order valence-corrected chi connectivity index (χ4v) is 0.934. The Morgan fingerprint density at radius 3 is 2.36 bits per heavy atom. The second-order valence-corrected chi connectivity index (χ2v) is 3.19. The van der Waals surface area contributed by atoms with Crippen LogP contribution in [0.4, 0.5) is 0 Å². The van der Waals surface area contributed by atoms with Crippen LogP contribution in [0, 0.1) is 17.8 Å². The molecule has 0 aromatic heterocycles. The van der Waals surface area contributed by atoms with Gasteiger partial charge in [-0.2, -0.15) is 0 Å². The molecule has 0 aliphatic carbocycles. The van der Waals surface area contributed by atoms with E-state index in [1.807, 2.05) is 6.92 Å². The molecular weight excluding hydrogens is 204 g/mol. The third-order valence-electron chi connectivity index (χ3n) is 1.04. The fraction of sp³-hybridized carbons (Fsp3) is 0.778. The standard InChI is InChI=1S/C9H15BrO/c1-4-11-9(7-10)6-5-8(2)3/h8-9H,4,7H2,1-3H3. The van der Waals surface area contributed by atoms with Crippen LogP contribution in [0.25, 0.3) is 0 Å². The van der Waals surface area contributed by atoms with Crippen molar-refractivity contribution in [1.82, 2.24) is 0 Å². The molecule has 0 amide bonds. The molecule has 1 nitrogen and oxygen atoms in total. The van der Waals surface area contributed by atoms with E-state index in [1.165, 1.54) is 0 Å². The predicted octanol–water partition coefficient (Wildman–Crippen LogP) is 2.45. The minimum absolute atomic E-state index is 0.0578. The summed E-state index contributed by atoms with van der Waals surface area (Å²) in [5.74, 6) is 6.55. The average Bonchev–Trinajstić information content (AvgIpc) is 1.97. The summed E-state index contributed by atoms with van der Waals surface area (Å²) < 4.78 is 5.32. The Bertz CT molecular complexity index is 143. The normalized spacial score (nSPS) is 12.5. The zero-order chi connectivity index (χ0) is 8.69.